The number of rotatable bonds is 4. The molecule has 4 fully saturated rings. The Kier molecular flexibility index (Phi) is 5.33. The molecule has 5 nitrogen and oxygen atoms in total. The van der Waals surface area contributed by atoms with Gasteiger partial charge in [-0.3, -0.25) is 9.69 Å². The number of amides is 1. The van der Waals surface area contributed by atoms with Gasteiger partial charge in [-0.15, -0.1) is 11.3 Å². The van der Waals surface area contributed by atoms with Crippen LogP contribution in [0.1, 0.15) is 29.4 Å². The molecule has 154 valence electrons. The van der Waals surface area contributed by atoms with Gasteiger partial charge in [0.1, 0.15) is 0 Å². The number of para-hydroxylation sites is 1. The first kappa shape index (κ1) is 19.1. The number of benzene rings is 1. The van der Waals surface area contributed by atoms with Crippen LogP contribution in [0.2, 0.25) is 0 Å². The Morgan fingerprint density at radius 1 is 1.07 bits per heavy atom. The minimum absolute atomic E-state index is 0.0794. The molecule has 1 aromatic carbocycles. The third kappa shape index (κ3) is 3.69. The van der Waals surface area contributed by atoms with Gasteiger partial charge in [-0.2, -0.15) is 0 Å². The Hall–Kier alpha value is -1.89. The maximum Gasteiger partial charge on any atom is 0.261 e. The fraction of sp³-hybridized carbons (Fsp3) is 0.522. The van der Waals surface area contributed by atoms with Crippen molar-refractivity contribution in [1.82, 2.24) is 10.2 Å². The normalized spacial score (nSPS) is 29.1. The summed E-state index contributed by atoms with van der Waals surface area (Å²) in [4.78, 5) is 19.9. The summed E-state index contributed by atoms with van der Waals surface area (Å²) in [7, 11) is 0. The summed E-state index contributed by atoms with van der Waals surface area (Å²) >= 11 is 1.60. The van der Waals surface area contributed by atoms with E-state index in [1.807, 2.05) is 6.07 Å². The molecule has 2 bridgehead atoms. The van der Waals surface area contributed by atoms with Crippen molar-refractivity contribution < 1.29 is 9.53 Å². The highest BCUT2D eigenvalue weighted by Gasteiger charge is 2.40. The van der Waals surface area contributed by atoms with Crippen LogP contribution in [0.4, 0.5) is 5.69 Å². The van der Waals surface area contributed by atoms with Crippen LogP contribution < -0.4 is 10.2 Å². The summed E-state index contributed by atoms with van der Waals surface area (Å²) in [5.41, 5.74) is 2.44. The van der Waals surface area contributed by atoms with Gasteiger partial charge < -0.3 is 15.0 Å². The number of morpholine rings is 1. The van der Waals surface area contributed by atoms with Gasteiger partial charge in [-0.25, -0.2) is 0 Å². The number of carbonyl (C=O) groups excluding carboxylic acids is 1. The molecule has 6 rings (SSSR count). The Labute approximate surface area is 176 Å². The van der Waals surface area contributed by atoms with Crippen LogP contribution in [-0.2, 0) is 4.74 Å². The third-order valence-electron chi connectivity index (χ3n) is 6.83. The first-order valence-electron chi connectivity index (χ1n) is 10.8. The van der Waals surface area contributed by atoms with E-state index in [1.54, 1.807) is 11.3 Å². The first-order chi connectivity index (χ1) is 14.2. The van der Waals surface area contributed by atoms with Crippen molar-refractivity contribution in [2.45, 2.75) is 31.8 Å². The Morgan fingerprint density at radius 2 is 1.83 bits per heavy atom. The van der Waals surface area contributed by atoms with E-state index in [9.17, 15) is 4.79 Å². The predicted molar refractivity (Wildman–Crippen MR) is 118 cm³/mol. The molecule has 0 spiro atoms. The Bertz CT molecular complexity index is 867. The van der Waals surface area contributed by atoms with E-state index >= 15 is 0 Å². The highest BCUT2D eigenvalue weighted by atomic mass is 32.1. The van der Waals surface area contributed by atoms with Gasteiger partial charge in [0.25, 0.3) is 5.91 Å². The molecule has 4 saturated heterocycles. The van der Waals surface area contributed by atoms with Crippen LogP contribution in [0, 0.1) is 5.92 Å². The zero-order chi connectivity index (χ0) is 19.8. The van der Waals surface area contributed by atoms with E-state index in [1.165, 1.54) is 37.2 Å². The molecule has 1 aromatic heterocycles. The number of nitrogens with one attached hydrogen (secondary N) is 1. The van der Waals surface area contributed by atoms with Crippen molar-refractivity contribution in [3.05, 3.63) is 41.3 Å². The molecule has 5 heterocycles. The molecule has 4 aliphatic rings. The van der Waals surface area contributed by atoms with Crippen molar-refractivity contribution in [3.63, 3.8) is 0 Å². The lowest BCUT2D eigenvalue weighted by Crippen LogP contribution is -2.62. The monoisotopic (exact) mass is 411 g/mol. The van der Waals surface area contributed by atoms with E-state index in [2.05, 4.69) is 52.4 Å². The average Bonchev–Trinajstić information content (AvgIpc) is 3.27. The topological polar surface area (TPSA) is 44.8 Å². The summed E-state index contributed by atoms with van der Waals surface area (Å²) in [5.74, 6) is 0.705. The van der Waals surface area contributed by atoms with Gasteiger partial charge in [0.2, 0.25) is 0 Å². The molecule has 6 heteroatoms. The first-order valence-corrected chi connectivity index (χ1v) is 11.6. The Morgan fingerprint density at radius 3 is 2.59 bits per heavy atom. The Balaban J connectivity index is 1.34. The standard InChI is InChI=1S/C23H29N3O2S/c1-16-22(17-8-10-25(16)11-9-17)24-23(27)21-7-6-20(29-21)18-4-2-3-5-19(18)26-12-14-28-15-13-26/h2-7,16-17,22H,8-15H2,1H3,(H,24,27). The van der Waals surface area contributed by atoms with E-state index < -0.39 is 0 Å². The molecule has 4 aliphatic heterocycles. The van der Waals surface area contributed by atoms with Gasteiger partial charge in [-0.1, -0.05) is 18.2 Å². The molecule has 29 heavy (non-hydrogen) atoms. The average molecular weight is 412 g/mol. The molecule has 0 saturated carbocycles. The van der Waals surface area contributed by atoms with Crippen molar-refractivity contribution in [1.29, 1.82) is 0 Å². The summed E-state index contributed by atoms with van der Waals surface area (Å²) in [6.45, 7) is 7.98. The maximum absolute atomic E-state index is 13.0. The lowest BCUT2D eigenvalue weighted by Gasteiger charge is -2.49. The highest BCUT2D eigenvalue weighted by molar-refractivity contribution is 7.17. The quantitative estimate of drug-likeness (QED) is 0.837. The number of ether oxygens (including phenoxy) is 1. The predicted octanol–water partition coefficient (Wildman–Crippen LogP) is 3.46. The van der Waals surface area contributed by atoms with Crippen LogP contribution in [-0.4, -0.2) is 62.3 Å². The molecular formula is C23H29N3O2S. The summed E-state index contributed by atoms with van der Waals surface area (Å²) in [5, 5.41) is 3.36. The second-order valence-electron chi connectivity index (χ2n) is 8.39. The number of nitrogens with zero attached hydrogens (tertiary/aromatic N) is 2. The minimum atomic E-state index is 0.0794. The third-order valence-corrected chi connectivity index (χ3v) is 7.94. The van der Waals surface area contributed by atoms with Crippen LogP contribution in [0.3, 0.4) is 0 Å². The number of thiophene rings is 1. The minimum Gasteiger partial charge on any atom is -0.378 e. The number of fused-ring (bicyclic) bond motifs is 3. The number of carbonyl (C=O) groups is 1. The fourth-order valence-electron chi connectivity index (χ4n) is 5.13. The van der Waals surface area contributed by atoms with Gasteiger partial charge >= 0.3 is 0 Å². The molecule has 0 aliphatic carbocycles. The number of hydrogen-bond donors (Lipinski definition) is 1. The largest absolute Gasteiger partial charge is 0.378 e. The second kappa shape index (κ2) is 8.09. The van der Waals surface area contributed by atoms with Crippen molar-refractivity contribution in [2.75, 3.05) is 44.3 Å². The van der Waals surface area contributed by atoms with Gasteiger partial charge in [0.05, 0.1) is 18.1 Å². The summed E-state index contributed by atoms with van der Waals surface area (Å²) in [6, 6.07) is 13.3. The lowest BCUT2D eigenvalue weighted by atomic mass is 9.79. The molecule has 1 N–H and O–H groups in total. The number of hydrogen-bond acceptors (Lipinski definition) is 5. The second-order valence-corrected chi connectivity index (χ2v) is 9.48. The van der Waals surface area contributed by atoms with Crippen LogP contribution in [0.5, 0.6) is 0 Å². The maximum atomic E-state index is 13.0. The lowest BCUT2D eigenvalue weighted by molar-refractivity contribution is 0.0218. The molecular weight excluding hydrogens is 382 g/mol. The zero-order valence-electron chi connectivity index (χ0n) is 17.0. The summed E-state index contributed by atoms with van der Waals surface area (Å²) in [6.07, 6.45) is 2.41. The van der Waals surface area contributed by atoms with E-state index in [4.69, 9.17) is 4.74 Å². The number of piperidine rings is 3. The van der Waals surface area contributed by atoms with Crippen LogP contribution in [0.15, 0.2) is 36.4 Å². The molecule has 2 unspecified atom stereocenters. The fourth-order valence-corrected chi connectivity index (χ4v) is 6.08. The van der Waals surface area contributed by atoms with Gasteiger partial charge in [0.15, 0.2) is 0 Å². The van der Waals surface area contributed by atoms with Crippen molar-refractivity contribution in [3.8, 4) is 10.4 Å². The van der Waals surface area contributed by atoms with Crippen LogP contribution >= 0.6 is 11.3 Å². The zero-order valence-corrected chi connectivity index (χ0v) is 17.8. The number of anilines is 1. The highest BCUT2D eigenvalue weighted by Crippen LogP contribution is 2.36. The molecule has 2 aromatic rings. The van der Waals surface area contributed by atoms with Gasteiger partial charge in [0, 0.05) is 41.3 Å². The summed E-state index contributed by atoms with van der Waals surface area (Å²) < 4.78 is 5.51. The smallest absolute Gasteiger partial charge is 0.261 e. The van der Waals surface area contributed by atoms with E-state index in [0.29, 0.717) is 12.0 Å². The molecule has 1 amide bonds. The van der Waals surface area contributed by atoms with Crippen molar-refractivity contribution in [2.24, 2.45) is 5.92 Å². The van der Waals surface area contributed by atoms with E-state index in [-0.39, 0.29) is 11.9 Å². The van der Waals surface area contributed by atoms with Crippen LogP contribution in [0.25, 0.3) is 10.4 Å². The van der Waals surface area contributed by atoms with E-state index in [0.717, 1.165) is 36.1 Å². The van der Waals surface area contributed by atoms with Gasteiger partial charge in [-0.05, 0) is 57.0 Å². The molecule has 2 atom stereocenters. The van der Waals surface area contributed by atoms with Crippen molar-refractivity contribution >= 4 is 22.9 Å². The molecule has 0 radical (unpaired) electrons. The SMILES string of the molecule is CC1C(NC(=O)c2ccc(-c3ccccc3N3CCOCC3)s2)C2CCN1CC2.